The minimum atomic E-state index is 0.694. The number of hydrogen-bond donors (Lipinski definition) is 2. The van der Waals surface area contributed by atoms with Crippen LogP contribution in [0.5, 0.6) is 5.75 Å². The van der Waals surface area contributed by atoms with Gasteiger partial charge >= 0.3 is 0 Å². The number of hydrogen-bond acceptors (Lipinski definition) is 5. The molecule has 0 fully saturated rings. The van der Waals surface area contributed by atoms with Gasteiger partial charge in [-0.05, 0) is 12.1 Å². The summed E-state index contributed by atoms with van der Waals surface area (Å²) in [4.78, 5) is 4.24. The molecule has 0 spiro atoms. The van der Waals surface area contributed by atoms with E-state index in [2.05, 4.69) is 10.4 Å². The number of methoxy groups -OCH3 is 1. The zero-order valence-corrected chi connectivity index (χ0v) is 7.89. The van der Waals surface area contributed by atoms with Crippen LogP contribution in [0.25, 0.3) is 10.2 Å². The number of aromatic nitrogens is 1. The maximum atomic E-state index is 5.26. The van der Waals surface area contributed by atoms with E-state index in [1.165, 1.54) is 11.3 Å². The van der Waals surface area contributed by atoms with Gasteiger partial charge in [-0.15, -0.1) is 0 Å². The molecule has 2 aromatic rings. The Hall–Kier alpha value is -1.33. The Balaban J connectivity index is 2.67. The van der Waals surface area contributed by atoms with Crippen molar-refractivity contribution in [2.24, 2.45) is 5.84 Å². The van der Waals surface area contributed by atoms with Crippen LogP contribution in [0.3, 0.4) is 0 Å². The number of nitrogens with two attached hydrogens (primary N) is 1. The molecule has 0 aliphatic rings. The van der Waals surface area contributed by atoms with Gasteiger partial charge in [0.2, 0.25) is 0 Å². The summed E-state index contributed by atoms with van der Waals surface area (Å²) < 4.78 is 6.20. The van der Waals surface area contributed by atoms with E-state index in [0.717, 1.165) is 16.0 Å². The predicted molar refractivity (Wildman–Crippen MR) is 54.0 cm³/mol. The number of anilines is 1. The number of ether oxygens (including phenoxy) is 1. The number of fused-ring (bicyclic) bond motifs is 1. The van der Waals surface area contributed by atoms with E-state index < -0.39 is 0 Å². The standard InChI is InChI=1S/C8H9N3OS/c1-12-6-4-2-3-5-7(6)13-8(10-5)11-9/h2-4H,9H2,1H3,(H,10,11). The predicted octanol–water partition coefficient (Wildman–Crippen LogP) is 1.59. The van der Waals surface area contributed by atoms with E-state index >= 15 is 0 Å². The van der Waals surface area contributed by atoms with Gasteiger partial charge in [-0.3, -0.25) is 5.43 Å². The van der Waals surface area contributed by atoms with E-state index in [1.807, 2.05) is 18.2 Å². The van der Waals surface area contributed by atoms with Crippen LogP contribution in [0.2, 0.25) is 0 Å². The number of hydrazine groups is 1. The Kier molecular flexibility index (Phi) is 2.03. The number of rotatable bonds is 2. The van der Waals surface area contributed by atoms with Crippen molar-refractivity contribution in [3.05, 3.63) is 18.2 Å². The SMILES string of the molecule is COc1cccc2nc(NN)sc12. The summed E-state index contributed by atoms with van der Waals surface area (Å²) in [6, 6.07) is 5.73. The molecular weight excluding hydrogens is 186 g/mol. The first-order valence-electron chi connectivity index (χ1n) is 3.75. The van der Waals surface area contributed by atoms with E-state index in [1.54, 1.807) is 7.11 Å². The average molecular weight is 195 g/mol. The molecule has 0 saturated carbocycles. The lowest BCUT2D eigenvalue weighted by Crippen LogP contribution is -2.05. The molecule has 0 amide bonds. The molecule has 0 bridgehead atoms. The molecule has 13 heavy (non-hydrogen) atoms. The van der Waals surface area contributed by atoms with Crippen molar-refractivity contribution < 1.29 is 4.74 Å². The van der Waals surface area contributed by atoms with Gasteiger partial charge in [-0.1, -0.05) is 17.4 Å². The molecule has 3 N–H and O–H groups in total. The molecule has 5 heteroatoms. The van der Waals surface area contributed by atoms with Crippen LogP contribution < -0.4 is 16.0 Å². The third-order valence-corrected chi connectivity index (χ3v) is 2.74. The van der Waals surface area contributed by atoms with Crippen molar-refractivity contribution in [3.63, 3.8) is 0 Å². The largest absolute Gasteiger partial charge is 0.495 e. The highest BCUT2D eigenvalue weighted by molar-refractivity contribution is 7.22. The Bertz CT molecular complexity index is 426. The normalized spacial score (nSPS) is 10.3. The topological polar surface area (TPSA) is 60.2 Å². The second kappa shape index (κ2) is 3.20. The minimum Gasteiger partial charge on any atom is -0.495 e. The molecule has 1 aromatic carbocycles. The highest BCUT2D eigenvalue weighted by Crippen LogP contribution is 2.32. The van der Waals surface area contributed by atoms with E-state index in [-0.39, 0.29) is 0 Å². The van der Waals surface area contributed by atoms with Crippen LogP contribution in [-0.4, -0.2) is 12.1 Å². The fraction of sp³-hybridized carbons (Fsp3) is 0.125. The van der Waals surface area contributed by atoms with Crippen LogP contribution in [0.1, 0.15) is 0 Å². The van der Waals surface area contributed by atoms with Crippen LogP contribution >= 0.6 is 11.3 Å². The smallest absolute Gasteiger partial charge is 0.198 e. The van der Waals surface area contributed by atoms with Crippen molar-refractivity contribution in [2.45, 2.75) is 0 Å². The average Bonchev–Trinajstić information content (AvgIpc) is 2.59. The van der Waals surface area contributed by atoms with Gasteiger partial charge in [-0.25, -0.2) is 10.8 Å². The molecule has 0 saturated heterocycles. The van der Waals surface area contributed by atoms with E-state index in [0.29, 0.717) is 5.13 Å². The maximum Gasteiger partial charge on any atom is 0.198 e. The van der Waals surface area contributed by atoms with Crippen LogP contribution in [0, 0.1) is 0 Å². The Morgan fingerprint density at radius 1 is 1.54 bits per heavy atom. The van der Waals surface area contributed by atoms with Crippen molar-refractivity contribution >= 4 is 26.7 Å². The first-order valence-corrected chi connectivity index (χ1v) is 4.57. The van der Waals surface area contributed by atoms with Gasteiger partial charge in [-0.2, -0.15) is 0 Å². The Labute approximate surface area is 79.3 Å². The maximum absolute atomic E-state index is 5.26. The number of nitrogens with one attached hydrogen (secondary N) is 1. The van der Waals surface area contributed by atoms with Gasteiger partial charge in [0.25, 0.3) is 0 Å². The molecule has 68 valence electrons. The van der Waals surface area contributed by atoms with Crippen molar-refractivity contribution in [3.8, 4) is 5.75 Å². The fourth-order valence-electron chi connectivity index (χ4n) is 1.15. The molecule has 0 radical (unpaired) electrons. The minimum absolute atomic E-state index is 0.694. The molecule has 4 nitrogen and oxygen atoms in total. The number of nitrogens with zero attached hydrogens (tertiary/aromatic N) is 1. The third kappa shape index (κ3) is 1.32. The Morgan fingerprint density at radius 2 is 2.38 bits per heavy atom. The lowest BCUT2D eigenvalue weighted by atomic mass is 10.3. The van der Waals surface area contributed by atoms with Crippen molar-refractivity contribution in [2.75, 3.05) is 12.5 Å². The molecular formula is C8H9N3OS. The summed E-state index contributed by atoms with van der Waals surface area (Å²) in [6.07, 6.45) is 0. The lowest BCUT2D eigenvalue weighted by molar-refractivity contribution is 0.420. The number of thiazole rings is 1. The molecule has 1 heterocycles. The van der Waals surface area contributed by atoms with Crippen molar-refractivity contribution in [1.29, 1.82) is 0 Å². The summed E-state index contributed by atoms with van der Waals surface area (Å²) in [7, 11) is 1.64. The van der Waals surface area contributed by atoms with Gasteiger partial charge in [0, 0.05) is 0 Å². The summed E-state index contributed by atoms with van der Waals surface area (Å²) in [5.41, 5.74) is 3.42. The first-order chi connectivity index (χ1) is 6.35. The summed E-state index contributed by atoms with van der Waals surface area (Å²) >= 11 is 1.48. The highest BCUT2D eigenvalue weighted by Gasteiger charge is 2.06. The zero-order chi connectivity index (χ0) is 9.26. The fourth-order valence-corrected chi connectivity index (χ4v) is 2.01. The summed E-state index contributed by atoms with van der Waals surface area (Å²) in [5, 5.41) is 0.694. The van der Waals surface area contributed by atoms with Gasteiger partial charge in [0.05, 0.1) is 17.3 Å². The monoisotopic (exact) mass is 195 g/mol. The van der Waals surface area contributed by atoms with E-state index in [4.69, 9.17) is 10.6 Å². The molecule has 0 atom stereocenters. The lowest BCUT2D eigenvalue weighted by Gasteiger charge is -1.97. The van der Waals surface area contributed by atoms with E-state index in [9.17, 15) is 0 Å². The quantitative estimate of drug-likeness (QED) is 0.564. The Morgan fingerprint density at radius 3 is 3.08 bits per heavy atom. The first kappa shape index (κ1) is 8.28. The molecule has 1 aromatic heterocycles. The highest BCUT2D eigenvalue weighted by atomic mass is 32.1. The van der Waals surface area contributed by atoms with Crippen LogP contribution in [-0.2, 0) is 0 Å². The van der Waals surface area contributed by atoms with Crippen LogP contribution in [0.15, 0.2) is 18.2 Å². The molecule has 0 unspecified atom stereocenters. The number of benzene rings is 1. The molecule has 2 rings (SSSR count). The van der Waals surface area contributed by atoms with Crippen molar-refractivity contribution in [1.82, 2.24) is 4.98 Å². The van der Waals surface area contributed by atoms with Crippen LogP contribution in [0.4, 0.5) is 5.13 Å². The summed E-state index contributed by atoms with van der Waals surface area (Å²) in [5.74, 6) is 6.09. The summed E-state index contributed by atoms with van der Waals surface area (Å²) in [6.45, 7) is 0. The molecule has 0 aliphatic heterocycles. The second-order valence-electron chi connectivity index (χ2n) is 2.47. The van der Waals surface area contributed by atoms with Gasteiger partial charge in [0.1, 0.15) is 5.75 Å². The zero-order valence-electron chi connectivity index (χ0n) is 7.07. The number of nitrogen functional groups attached to an aromatic ring is 1. The third-order valence-electron chi connectivity index (χ3n) is 1.72. The molecule has 0 aliphatic carbocycles. The second-order valence-corrected chi connectivity index (χ2v) is 3.47. The van der Waals surface area contributed by atoms with Gasteiger partial charge in [0.15, 0.2) is 5.13 Å². The van der Waals surface area contributed by atoms with Gasteiger partial charge < -0.3 is 4.74 Å².